The molecule has 162 valence electrons. The number of imide groups is 2. The SMILES string of the molecule is CCc1cccc(C)c1-n1c(C)cc(/C=C2\C(=O)NC(=O)N(C3CCCC3)C2=O)c1C. The van der Waals surface area contributed by atoms with E-state index >= 15 is 0 Å². The number of rotatable bonds is 4. The van der Waals surface area contributed by atoms with Crippen molar-refractivity contribution >= 4 is 23.9 Å². The van der Waals surface area contributed by atoms with E-state index in [-0.39, 0.29) is 11.6 Å². The largest absolute Gasteiger partial charge is 0.331 e. The maximum Gasteiger partial charge on any atom is 0.331 e. The minimum atomic E-state index is -0.626. The second-order valence-corrected chi connectivity index (χ2v) is 8.53. The van der Waals surface area contributed by atoms with Gasteiger partial charge in [-0.1, -0.05) is 38.0 Å². The molecule has 1 N–H and O–H groups in total. The lowest BCUT2D eigenvalue weighted by Gasteiger charge is -2.31. The van der Waals surface area contributed by atoms with Gasteiger partial charge >= 0.3 is 6.03 Å². The van der Waals surface area contributed by atoms with Crippen LogP contribution in [0.5, 0.6) is 0 Å². The predicted molar refractivity (Wildman–Crippen MR) is 120 cm³/mol. The summed E-state index contributed by atoms with van der Waals surface area (Å²) in [6.07, 6.45) is 6.11. The molecule has 2 aliphatic rings. The molecule has 2 aromatic rings. The summed E-state index contributed by atoms with van der Waals surface area (Å²) in [6, 6.07) is 7.55. The molecule has 31 heavy (non-hydrogen) atoms. The highest BCUT2D eigenvalue weighted by Crippen LogP contribution is 2.30. The molecule has 1 saturated carbocycles. The van der Waals surface area contributed by atoms with Crippen LogP contribution in [0, 0.1) is 20.8 Å². The number of carbonyl (C=O) groups excluding carboxylic acids is 3. The van der Waals surface area contributed by atoms with Crippen LogP contribution in [0.4, 0.5) is 4.79 Å². The van der Waals surface area contributed by atoms with Crippen LogP contribution >= 0.6 is 0 Å². The molecule has 2 heterocycles. The Labute approximate surface area is 182 Å². The van der Waals surface area contributed by atoms with Crippen LogP contribution in [-0.4, -0.2) is 33.4 Å². The summed E-state index contributed by atoms with van der Waals surface area (Å²) >= 11 is 0. The van der Waals surface area contributed by atoms with Crippen molar-refractivity contribution in [1.29, 1.82) is 0 Å². The summed E-state index contributed by atoms with van der Waals surface area (Å²) in [5, 5.41) is 2.36. The summed E-state index contributed by atoms with van der Waals surface area (Å²) in [4.78, 5) is 39.3. The fraction of sp³-hybridized carbons (Fsp3) is 0.400. The molecule has 0 unspecified atom stereocenters. The van der Waals surface area contributed by atoms with E-state index in [1.165, 1.54) is 16.0 Å². The van der Waals surface area contributed by atoms with Gasteiger partial charge < -0.3 is 4.57 Å². The molecule has 2 fully saturated rings. The molecular weight excluding hydrogens is 390 g/mol. The fourth-order valence-electron chi connectivity index (χ4n) is 4.92. The highest BCUT2D eigenvalue weighted by molar-refractivity contribution is 6.31. The number of aryl methyl sites for hydroxylation is 3. The number of nitrogens with zero attached hydrogens (tertiary/aromatic N) is 2. The lowest BCUT2D eigenvalue weighted by atomic mass is 10.0. The van der Waals surface area contributed by atoms with Crippen LogP contribution in [0.3, 0.4) is 0 Å². The molecule has 6 heteroatoms. The maximum absolute atomic E-state index is 13.1. The van der Waals surface area contributed by atoms with Crippen molar-refractivity contribution in [2.24, 2.45) is 0 Å². The Morgan fingerprint density at radius 1 is 1.10 bits per heavy atom. The van der Waals surface area contributed by atoms with E-state index in [4.69, 9.17) is 0 Å². The molecule has 1 aliphatic carbocycles. The number of aromatic nitrogens is 1. The molecule has 4 amide bonds. The average Bonchev–Trinajstić information content (AvgIpc) is 3.34. The maximum atomic E-state index is 13.1. The molecule has 0 spiro atoms. The van der Waals surface area contributed by atoms with Gasteiger partial charge in [-0.15, -0.1) is 0 Å². The molecule has 1 saturated heterocycles. The highest BCUT2D eigenvalue weighted by atomic mass is 16.2. The molecule has 0 radical (unpaired) electrons. The van der Waals surface area contributed by atoms with Crippen molar-refractivity contribution < 1.29 is 14.4 Å². The van der Waals surface area contributed by atoms with Crippen molar-refractivity contribution in [3.8, 4) is 5.69 Å². The minimum absolute atomic E-state index is 0.0206. The van der Waals surface area contributed by atoms with Gasteiger partial charge in [-0.3, -0.25) is 19.8 Å². The number of urea groups is 1. The Hall–Kier alpha value is -3.15. The van der Waals surface area contributed by atoms with Gasteiger partial charge in [0.15, 0.2) is 0 Å². The second kappa shape index (κ2) is 8.17. The number of amides is 4. The van der Waals surface area contributed by atoms with Gasteiger partial charge in [0.25, 0.3) is 11.8 Å². The Kier molecular flexibility index (Phi) is 5.56. The predicted octanol–water partition coefficient (Wildman–Crippen LogP) is 4.37. The number of para-hydroxylation sites is 1. The first kappa shape index (κ1) is 21.1. The smallest absolute Gasteiger partial charge is 0.317 e. The molecule has 0 atom stereocenters. The molecule has 4 rings (SSSR count). The first-order valence-electron chi connectivity index (χ1n) is 11.0. The van der Waals surface area contributed by atoms with Gasteiger partial charge in [0.2, 0.25) is 0 Å². The zero-order valence-corrected chi connectivity index (χ0v) is 18.6. The number of hydrogen-bond donors (Lipinski definition) is 1. The molecule has 6 nitrogen and oxygen atoms in total. The third-order valence-electron chi connectivity index (χ3n) is 6.52. The lowest BCUT2D eigenvalue weighted by Crippen LogP contribution is -2.57. The Bertz CT molecular complexity index is 1100. The van der Waals surface area contributed by atoms with Crippen LogP contribution < -0.4 is 5.32 Å². The molecular formula is C25H29N3O3. The lowest BCUT2D eigenvalue weighted by molar-refractivity contribution is -0.131. The van der Waals surface area contributed by atoms with Crippen molar-refractivity contribution in [3.05, 3.63) is 57.9 Å². The van der Waals surface area contributed by atoms with Crippen molar-refractivity contribution in [2.75, 3.05) is 0 Å². The van der Waals surface area contributed by atoms with Gasteiger partial charge in [0.05, 0.1) is 5.69 Å². The zero-order valence-electron chi connectivity index (χ0n) is 18.6. The van der Waals surface area contributed by atoms with E-state index in [2.05, 4.69) is 41.9 Å². The molecule has 0 bridgehead atoms. The number of hydrogen-bond acceptors (Lipinski definition) is 3. The standard InChI is InChI=1S/C25H29N3O3/c1-5-18-10-8-9-15(2)22(18)27-16(3)13-19(17(27)4)14-21-23(29)26-25(31)28(24(21)30)20-11-6-7-12-20/h8-10,13-14,20H,5-7,11-12H2,1-4H3,(H,26,29,31)/b21-14+. The normalized spacial score (nSPS) is 18.9. The van der Waals surface area contributed by atoms with Crippen molar-refractivity contribution in [2.45, 2.75) is 65.8 Å². The highest BCUT2D eigenvalue weighted by Gasteiger charge is 2.40. The monoisotopic (exact) mass is 419 g/mol. The number of barbiturate groups is 1. The van der Waals surface area contributed by atoms with Crippen LogP contribution in [-0.2, 0) is 16.0 Å². The summed E-state index contributed by atoms with van der Waals surface area (Å²) in [7, 11) is 0. The Morgan fingerprint density at radius 2 is 1.81 bits per heavy atom. The van der Waals surface area contributed by atoms with Gasteiger partial charge in [0, 0.05) is 17.4 Å². The first-order chi connectivity index (χ1) is 14.8. The summed E-state index contributed by atoms with van der Waals surface area (Å²) < 4.78 is 2.19. The van der Waals surface area contributed by atoms with Gasteiger partial charge in [-0.05, 0) is 68.9 Å². The quantitative estimate of drug-likeness (QED) is 0.591. The minimum Gasteiger partial charge on any atom is -0.317 e. The van der Waals surface area contributed by atoms with E-state index in [0.717, 1.165) is 54.7 Å². The van der Waals surface area contributed by atoms with Crippen LogP contribution in [0.25, 0.3) is 11.8 Å². The van der Waals surface area contributed by atoms with E-state index in [1.54, 1.807) is 6.08 Å². The first-order valence-corrected chi connectivity index (χ1v) is 11.0. The third kappa shape index (κ3) is 3.60. The third-order valence-corrected chi connectivity index (χ3v) is 6.52. The average molecular weight is 420 g/mol. The van der Waals surface area contributed by atoms with Crippen LogP contribution in [0.2, 0.25) is 0 Å². The van der Waals surface area contributed by atoms with E-state index in [1.807, 2.05) is 19.9 Å². The number of nitrogens with one attached hydrogen (secondary N) is 1. The van der Waals surface area contributed by atoms with E-state index in [0.29, 0.717) is 0 Å². The number of benzene rings is 1. The Morgan fingerprint density at radius 3 is 2.48 bits per heavy atom. The van der Waals surface area contributed by atoms with Crippen molar-refractivity contribution in [1.82, 2.24) is 14.8 Å². The topological polar surface area (TPSA) is 71.4 Å². The molecule has 1 aliphatic heterocycles. The fourth-order valence-corrected chi connectivity index (χ4v) is 4.92. The van der Waals surface area contributed by atoms with E-state index < -0.39 is 17.8 Å². The van der Waals surface area contributed by atoms with Crippen LogP contribution in [0.15, 0.2) is 29.8 Å². The van der Waals surface area contributed by atoms with E-state index in [9.17, 15) is 14.4 Å². The van der Waals surface area contributed by atoms with Gasteiger partial charge in [-0.25, -0.2) is 4.79 Å². The molecule has 1 aromatic heterocycles. The second-order valence-electron chi connectivity index (χ2n) is 8.53. The van der Waals surface area contributed by atoms with Crippen LogP contribution in [0.1, 0.15) is 60.7 Å². The van der Waals surface area contributed by atoms with Gasteiger partial charge in [-0.2, -0.15) is 0 Å². The zero-order chi connectivity index (χ0) is 22.3. The van der Waals surface area contributed by atoms with Gasteiger partial charge in [0.1, 0.15) is 5.57 Å². The Balaban J connectivity index is 1.77. The summed E-state index contributed by atoms with van der Waals surface area (Å²) in [6.45, 7) is 8.25. The summed E-state index contributed by atoms with van der Waals surface area (Å²) in [5.74, 6) is -1.12. The summed E-state index contributed by atoms with van der Waals surface area (Å²) in [5.41, 5.74) is 6.37. The number of carbonyl (C=O) groups is 3. The molecule has 1 aromatic carbocycles. The van der Waals surface area contributed by atoms with Crippen molar-refractivity contribution in [3.63, 3.8) is 0 Å².